The van der Waals surface area contributed by atoms with Crippen LogP contribution in [-0.2, 0) is 27.5 Å². The fourth-order valence-electron chi connectivity index (χ4n) is 3.46. The fourth-order valence-corrected chi connectivity index (χ4v) is 3.46. The smallest absolute Gasteiger partial charge is 0.310 e. The van der Waals surface area contributed by atoms with E-state index in [4.69, 9.17) is 4.74 Å². The third-order valence-electron chi connectivity index (χ3n) is 4.91. The normalized spacial score (nSPS) is 17.0. The SMILES string of the molecule is COCc1ccccc1CNC(=O)CC1(C(=O)O)CCCCCC1. The van der Waals surface area contributed by atoms with Crippen LogP contribution in [0.5, 0.6) is 0 Å². The van der Waals surface area contributed by atoms with Gasteiger partial charge in [-0.2, -0.15) is 0 Å². The van der Waals surface area contributed by atoms with Gasteiger partial charge in [0.25, 0.3) is 0 Å². The third-order valence-corrected chi connectivity index (χ3v) is 4.91. The number of hydrogen-bond donors (Lipinski definition) is 2. The molecule has 0 unspecified atom stereocenters. The Morgan fingerprint density at radius 3 is 2.33 bits per heavy atom. The molecule has 1 aromatic carbocycles. The first kappa shape index (κ1) is 18.5. The number of aliphatic carboxylic acids is 1. The Morgan fingerprint density at radius 2 is 1.75 bits per heavy atom. The highest BCUT2D eigenvalue weighted by Gasteiger charge is 2.40. The van der Waals surface area contributed by atoms with Crippen molar-refractivity contribution >= 4 is 11.9 Å². The molecule has 1 amide bonds. The molecule has 5 nitrogen and oxygen atoms in total. The van der Waals surface area contributed by atoms with Gasteiger partial charge in [0.1, 0.15) is 0 Å². The van der Waals surface area contributed by atoms with Crippen molar-refractivity contribution in [3.63, 3.8) is 0 Å². The number of ether oxygens (including phenoxy) is 1. The Bertz CT molecular complexity index is 562. The average Bonchev–Trinajstić information content (AvgIpc) is 2.81. The van der Waals surface area contributed by atoms with Crippen LogP contribution in [0, 0.1) is 5.41 Å². The standard InChI is InChI=1S/C19H27NO4/c1-24-14-16-9-5-4-8-15(16)13-20-17(21)12-19(18(22)23)10-6-2-3-7-11-19/h4-5,8-9H,2-3,6-7,10-14H2,1H3,(H,20,21)(H,22,23). The highest BCUT2D eigenvalue weighted by atomic mass is 16.5. The second kappa shape index (κ2) is 8.83. The molecule has 132 valence electrons. The number of benzene rings is 1. The van der Waals surface area contributed by atoms with E-state index in [2.05, 4.69) is 5.32 Å². The third kappa shape index (κ3) is 4.81. The van der Waals surface area contributed by atoms with Gasteiger partial charge in [-0.1, -0.05) is 49.9 Å². The van der Waals surface area contributed by atoms with Gasteiger partial charge >= 0.3 is 5.97 Å². The molecule has 0 radical (unpaired) electrons. The Kier molecular flexibility index (Phi) is 6.79. The minimum Gasteiger partial charge on any atom is -0.481 e. The zero-order valence-electron chi connectivity index (χ0n) is 14.3. The molecular formula is C19H27NO4. The van der Waals surface area contributed by atoms with E-state index in [-0.39, 0.29) is 12.3 Å². The van der Waals surface area contributed by atoms with Crippen LogP contribution in [0.1, 0.15) is 56.1 Å². The number of methoxy groups -OCH3 is 1. The summed E-state index contributed by atoms with van der Waals surface area (Å²) in [5.41, 5.74) is 1.13. The molecule has 0 aromatic heterocycles. The summed E-state index contributed by atoms with van der Waals surface area (Å²) in [6.07, 6.45) is 5.13. The second-order valence-corrected chi connectivity index (χ2v) is 6.65. The molecule has 0 aliphatic heterocycles. The lowest BCUT2D eigenvalue weighted by atomic mass is 9.77. The van der Waals surface area contributed by atoms with Crippen LogP contribution < -0.4 is 5.32 Å². The number of hydrogen-bond acceptors (Lipinski definition) is 3. The lowest BCUT2D eigenvalue weighted by Gasteiger charge is -2.27. The minimum absolute atomic E-state index is 0.0643. The molecule has 0 spiro atoms. The predicted octanol–water partition coefficient (Wildman–Crippen LogP) is 3.26. The van der Waals surface area contributed by atoms with Crippen molar-refractivity contribution in [3.05, 3.63) is 35.4 Å². The van der Waals surface area contributed by atoms with Gasteiger partial charge in [-0.05, 0) is 24.0 Å². The summed E-state index contributed by atoms with van der Waals surface area (Å²) < 4.78 is 5.17. The van der Waals surface area contributed by atoms with Gasteiger partial charge in [-0.25, -0.2) is 0 Å². The topological polar surface area (TPSA) is 75.6 Å². The van der Waals surface area contributed by atoms with Crippen molar-refractivity contribution in [2.45, 2.75) is 58.1 Å². The van der Waals surface area contributed by atoms with Crippen LogP contribution in [0.15, 0.2) is 24.3 Å². The van der Waals surface area contributed by atoms with Crippen molar-refractivity contribution in [1.82, 2.24) is 5.32 Å². The first-order valence-electron chi connectivity index (χ1n) is 8.63. The summed E-state index contributed by atoms with van der Waals surface area (Å²) in [4.78, 5) is 24.2. The molecule has 0 saturated heterocycles. The molecule has 2 rings (SSSR count). The maximum absolute atomic E-state index is 12.4. The molecule has 0 bridgehead atoms. The maximum atomic E-state index is 12.4. The van der Waals surface area contributed by atoms with E-state index in [0.29, 0.717) is 26.0 Å². The minimum atomic E-state index is -0.896. The highest BCUT2D eigenvalue weighted by Crippen LogP contribution is 2.38. The zero-order valence-corrected chi connectivity index (χ0v) is 14.3. The van der Waals surface area contributed by atoms with Crippen LogP contribution in [0.4, 0.5) is 0 Å². The lowest BCUT2D eigenvalue weighted by molar-refractivity contribution is -0.152. The monoisotopic (exact) mass is 333 g/mol. The van der Waals surface area contributed by atoms with Gasteiger partial charge < -0.3 is 15.2 Å². The Hall–Kier alpha value is -1.88. The van der Waals surface area contributed by atoms with Crippen molar-refractivity contribution in [3.8, 4) is 0 Å². The number of carboxylic acids is 1. The molecular weight excluding hydrogens is 306 g/mol. The number of nitrogens with one attached hydrogen (secondary N) is 1. The van der Waals surface area contributed by atoms with E-state index < -0.39 is 11.4 Å². The van der Waals surface area contributed by atoms with E-state index in [1.165, 1.54) is 0 Å². The van der Waals surface area contributed by atoms with Crippen molar-refractivity contribution in [1.29, 1.82) is 0 Å². The summed E-state index contributed by atoms with van der Waals surface area (Å²) in [7, 11) is 1.64. The predicted molar refractivity (Wildman–Crippen MR) is 91.4 cm³/mol. The molecule has 0 atom stereocenters. The summed E-state index contributed by atoms with van der Waals surface area (Å²) in [5.74, 6) is -1.02. The quantitative estimate of drug-likeness (QED) is 0.751. The number of carbonyl (C=O) groups is 2. The fraction of sp³-hybridized carbons (Fsp3) is 0.579. The van der Waals surface area contributed by atoms with E-state index in [0.717, 1.165) is 36.8 Å². The van der Waals surface area contributed by atoms with E-state index in [1.807, 2.05) is 24.3 Å². The Balaban J connectivity index is 1.98. The molecule has 1 aliphatic rings. The first-order chi connectivity index (χ1) is 11.6. The van der Waals surface area contributed by atoms with Crippen LogP contribution in [-0.4, -0.2) is 24.1 Å². The molecule has 1 aliphatic carbocycles. The van der Waals surface area contributed by atoms with E-state index in [1.54, 1.807) is 7.11 Å². The molecule has 0 heterocycles. The number of carboxylic acid groups (broad SMARTS) is 1. The van der Waals surface area contributed by atoms with Crippen molar-refractivity contribution in [2.24, 2.45) is 5.41 Å². The van der Waals surface area contributed by atoms with Gasteiger partial charge in [0.15, 0.2) is 0 Å². The number of carbonyl (C=O) groups excluding carboxylic acids is 1. The molecule has 1 aromatic rings. The van der Waals surface area contributed by atoms with Crippen LogP contribution in [0.25, 0.3) is 0 Å². The Labute approximate surface area is 143 Å². The number of amides is 1. The molecule has 24 heavy (non-hydrogen) atoms. The summed E-state index contributed by atoms with van der Waals surface area (Å²) in [5, 5.41) is 12.6. The maximum Gasteiger partial charge on any atom is 0.310 e. The van der Waals surface area contributed by atoms with E-state index in [9.17, 15) is 14.7 Å². The lowest BCUT2D eigenvalue weighted by Crippen LogP contribution is -2.37. The van der Waals surface area contributed by atoms with Gasteiger partial charge in [-0.15, -0.1) is 0 Å². The second-order valence-electron chi connectivity index (χ2n) is 6.65. The Morgan fingerprint density at radius 1 is 1.12 bits per heavy atom. The van der Waals surface area contributed by atoms with E-state index >= 15 is 0 Å². The van der Waals surface area contributed by atoms with Crippen LogP contribution in [0.3, 0.4) is 0 Å². The molecule has 5 heteroatoms. The van der Waals surface area contributed by atoms with Gasteiger partial charge in [0.2, 0.25) is 5.91 Å². The summed E-state index contributed by atoms with van der Waals surface area (Å²) in [6, 6.07) is 7.78. The molecule has 2 N–H and O–H groups in total. The van der Waals surface area contributed by atoms with Crippen molar-refractivity contribution in [2.75, 3.05) is 7.11 Å². The highest BCUT2D eigenvalue weighted by molar-refractivity contribution is 5.85. The average molecular weight is 333 g/mol. The van der Waals surface area contributed by atoms with Gasteiger partial charge in [0, 0.05) is 20.1 Å². The van der Waals surface area contributed by atoms with Gasteiger partial charge in [0.05, 0.1) is 12.0 Å². The largest absolute Gasteiger partial charge is 0.481 e. The van der Waals surface area contributed by atoms with Crippen LogP contribution >= 0.6 is 0 Å². The van der Waals surface area contributed by atoms with Gasteiger partial charge in [-0.3, -0.25) is 9.59 Å². The number of rotatable bonds is 7. The molecule has 1 saturated carbocycles. The first-order valence-corrected chi connectivity index (χ1v) is 8.63. The zero-order chi connectivity index (χ0) is 17.4. The molecule has 1 fully saturated rings. The summed E-state index contributed by atoms with van der Waals surface area (Å²) in [6.45, 7) is 0.888. The summed E-state index contributed by atoms with van der Waals surface area (Å²) >= 11 is 0. The van der Waals surface area contributed by atoms with Crippen molar-refractivity contribution < 1.29 is 19.4 Å². The van der Waals surface area contributed by atoms with Crippen LogP contribution in [0.2, 0.25) is 0 Å².